The largest absolute Gasteiger partial charge is 0.360 e. The van der Waals surface area contributed by atoms with Gasteiger partial charge in [-0.15, -0.1) is 18.3 Å². The van der Waals surface area contributed by atoms with E-state index in [0.717, 1.165) is 11.4 Å². The first kappa shape index (κ1) is 11.2. The van der Waals surface area contributed by atoms with E-state index in [0.29, 0.717) is 6.54 Å². The minimum absolute atomic E-state index is 0.0514. The standard InChI is InChI=1S/C10H16N2OS/c1-4-6-12-9(13)7-8(3)11-10(12)14-5-2/h4,7,10-11H,1,5-6H2,2-3H3. The summed E-state index contributed by atoms with van der Waals surface area (Å²) in [5, 5.41) is 3.26. The second kappa shape index (κ2) is 5.10. The Hall–Kier alpha value is -0.900. The fourth-order valence-electron chi connectivity index (χ4n) is 1.31. The Morgan fingerprint density at radius 3 is 3.07 bits per heavy atom. The van der Waals surface area contributed by atoms with Gasteiger partial charge >= 0.3 is 0 Å². The Morgan fingerprint density at radius 2 is 2.50 bits per heavy atom. The van der Waals surface area contributed by atoms with Crippen molar-refractivity contribution in [3.63, 3.8) is 0 Å². The number of nitrogens with one attached hydrogen (secondary N) is 1. The lowest BCUT2D eigenvalue weighted by Gasteiger charge is -2.34. The Kier molecular flexibility index (Phi) is 4.07. The maximum Gasteiger partial charge on any atom is 0.250 e. The average Bonchev–Trinajstić information content (AvgIpc) is 2.11. The molecule has 0 aromatic carbocycles. The Balaban J connectivity index is 2.75. The van der Waals surface area contributed by atoms with Gasteiger partial charge in [0.1, 0.15) is 0 Å². The number of rotatable bonds is 4. The molecule has 0 radical (unpaired) electrons. The molecule has 1 amide bonds. The van der Waals surface area contributed by atoms with Gasteiger partial charge in [-0.3, -0.25) is 4.79 Å². The number of hydrogen-bond donors (Lipinski definition) is 1. The molecular formula is C10H16N2OS. The highest BCUT2D eigenvalue weighted by molar-refractivity contribution is 7.99. The molecule has 1 aliphatic rings. The van der Waals surface area contributed by atoms with Crippen LogP contribution in [0.4, 0.5) is 0 Å². The molecule has 1 unspecified atom stereocenters. The summed E-state index contributed by atoms with van der Waals surface area (Å²) in [5.41, 5.74) is 0.983. The zero-order valence-electron chi connectivity index (χ0n) is 8.62. The summed E-state index contributed by atoms with van der Waals surface area (Å²) in [5.74, 6) is 1.04. The maximum atomic E-state index is 11.6. The molecule has 0 fully saturated rings. The van der Waals surface area contributed by atoms with Gasteiger partial charge in [-0.1, -0.05) is 13.0 Å². The van der Waals surface area contributed by atoms with Gasteiger partial charge in [0.15, 0.2) is 5.50 Å². The number of nitrogens with zero attached hydrogens (tertiary/aromatic N) is 1. The molecule has 0 spiro atoms. The minimum Gasteiger partial charge on any atom is -0.360 e. The van der Waals surface area contributed by atoms with Crippen molar-refractivity contribution in [2.45, 2.75) is 19.3 Å². The third-order valence-corrected chi connectivity index (χ3v) is 2.93. The Morgan fingerprint density at radius 1 is 1.79 bits per heavy atom. The van der Waals surface area contributed by atoms with E-state index in [1.165, 1.54) is 0 Å². The summed E-state index contributed by atoms with van der Waals surface area (Å²) in [6, 6.07) is 0. The van der Waals surface area contributed by atoms with Gasteiger partial charge in [-0.25, -0.2) is 0 Å². The number of carbonyl (C=O) groups excluding carboxylic acids is 1. The van der Waals surface area contributed by atoms with Crippen LogP contribution < -0.4 is 5.32 Å². The van der Waals surface area contributed by atoms with Crippen LogP contribution in [-0.4, -0.2) is 28.6 Å². The van der Waals surface area contributed by atoms with Gasteiger partial charge < -0.3 is 10.2 Å². The smallest absolute Gasteiger partial charge is 0.250 e. The average molecular weight is 212 g/mol. The molecule has 0 aliphatic carbocycles. The monoisotopic (exact) mass is 212 g/mol. The van der Waals surface area contributed by atoms with Crippen molar-refractivity contribution in [1.29, 1.82) is 0 Å². The summed E-state index contributed by atoms with van der Waals surface area (Å²) in [4.78, 5) is 13.4. The van der Waals surface area contributed by atoms with Crippen LogP contribution in [0.2, 0.25) is 0 Å². The molecular weight excluding hydrogens is 196 g/mol. The first-order valence-electron chi connectivity index (χ1n) is 4.67. The lowest BCUT2D eigenvalue weighted by molar-refractivity contribution is -0.127. The molecule has 1 aliphatic heterocycles. The van der Waals surface area contributed by atoms with Crippen LogP contribution in [0.1, 0.15) is 13.8 Å². The highest BCUT2D eigenvalue weighted by atomic mass is 32.2. The molecule has 78 valence electrons. The van der Waals surface area contributed by atoms with E-state index in [2.05, 4.69) is 18.8 Å². The predicted molar refractivity (Wildman–Crippen MR) is 60.7 cm³/mol. The van der Waals surface area contributed by atoms with E-state index in [4.69, 9.17) is 0 Å². The molecule has 1 atom stereocenters. The van der Waals surface area contributed by atoms with E-state index >= 15 is 0 Å². The number of carbonyl (C=O) groups is 1. The van der Waals surface area contributed by atoms with Crippen LogP contribution >= 0.6 is 11.8 Å². The van der Waals surface area contributed by atoms with Crippen LogP contribution in [0.3, 0.4) is 0 Å². The predicted octanol–water partition coefficient (Wildman–Crippen LogP) is 1.54. The van der Waals surface area contributed by atoms with E-state index < -0.39 is 0 Å². The quantitative estimate of drug-likeness (QED) is 0.718. The van der Waals surface area contributed by atoms with Crippen molar-refractivity contribution in [2.75, 3.05) is 12.3 Å². The third kappa shape index (κ3) is 2.54. The summed E-state index contributed by atoms with van der Waals surface area (Å²) in [7, 11) is 0. The molecule has 0 saturated heterocycles. The summed E-state index contributed by atoms with van der Waals surface area (Å²) < 4.78 is 0. The maximum absolute atomic E-state index is 11.6. The topological polar surface area (TPSA) is 32.3 Å². The molecule has 1 heterocycles. The second-order valence-electron chi connectivity index (χ2n) is 3.06. The van der Waals surface area contributed by atoms with Gasteiger partial charge in [-0.05, 0) is 12.7 Å². The number of thioether (sulfide) groups is 1. The molecule has 3 nitrogen and oxygen atoms in total. The van der Waals surface area contributed by atoms with Crippen LogP contribution in [0.25, 0.3) is 0 Å². The molecule has 0 saturated carbocycles. The number of amides is 1. The Bertz CT molecular complexity index is 263. The van der Waals surface area contributed by atoms with Gasteiger partial charge in [-0.2, -0.15) is 0 Å². The fraction of sp³-hybridized carbons (Fsp3) is 0.500. The zero-order chi connectivity index (χ0) is 10.6. The SMILES string of the molecule is C=CCN1C(=O)C=C(C)NC1SCC. The molecule has 0 aromatic rings. The fourth-order valence-corrected chi connectivity index (χ4v) is 2.27. The molecule has 0 bridgehead atoms. The molecule has 4 heteroatoms. The van der Waals surface area contributed by atoms with Gasteiger partial charge in [0, 0.05) is 18.3 Å². The van der Waals surface area contributed by atoms with E-state index in [9.17, 15) is 4.79 Å². The summed E-state index contributed by atoms with van der Waals surface area (Å²) in [6.07, 6.45) is 3.37. The van der Waals surface area contributed by atoms with Crippen molar-refractivity contribution in [2.24, 2.45) is 0 Å². The van der Waals surface area contributed by atoms with Crippen molar-refractivity contribution < 1.29 is 4.79 Å². The van der Waals surface area contributed by atoms with Crippen LogP contribution in [0, 0.1) is 0 Å². The van der Waals surface area contributed by atoms with Gasteiger partial charge in [0.05, 0.1) is 0 Å². The second-order valence-corrected chi connectivity index (χ2v) is 4.42. The highest BCUT2D eigenvalue weighted by Crippen LogP contribution is 2.18. The van der Waals surface area contributed by atoms with Crippen molar-refractivity contribution >= 4 is 17.7 Å². The van der Waals surface area contributed by atoms with Crippen molar-refractivity contribution in [1.82, 2.24) is 10.2 Å². The number of allylic oxidation sites excluding steroid dienone is 1. The number of hydrogen-bond acceptors (Lipinski definition) is 3. The van der Waals surface area contributed by atoms with Crippen LogP contribution in [-0.2, 0) is 4.79 Å². The van der Waals surface area contributed by atoms with Crippen molar-refractivity contribution in [3.8, 4) is 0 Å². The summed E-state index contributed by atoms with van der Waals surface area (Å²) >= 11 is 1.71. The summed E-state index contributed by atoms with van der Waals surface area (Å²) in [6.45, 7) is 8.23. The van der Waals surface area contributed by atoms with E-state index in [1.54, 1.807) is 28.8 Å². The van der Waals surface area contributed by atoms with Crippen LogP contribution in [0.5, 0.6) is 0 Å². The van der Waals surface area contributed by atoms with Gasteiger partial charge in [0.25, 0.3) is 5.91 Å². The first-order valence-corrected chi connectivity index (χ1v) is 5.71. The molecule has 14 heavy (non-hydrogen) atoms. The third-order valence-electron chi connectivity index (χ3n) is 1.91. The zero-order valence-corrected chi connectivity index (χ0v) is 9.43. The van der Waals surface area contributed by atoms with E-state index in [-0.39, 0.29) is 11.4 Å². The van der Waals surface area contributed by atoms with Crippen molar-refractivity contribution in [3.05, 3.63) is 24.4 Å². The molecule has 1 N–H and O–H groups in total. The van der Waals surface area contributed by atoms with E-state index in [1.807, 2.05) is 6.92 Å². The minimum atomic E-state index is 0.0514. The highest BCUT2D eigenvalue weighted by Gasteiger charge is 2.24. The first-order chi connectivity index (χ1) is 6.69. The molecule has 0 aromatic heterocycles. The molecule has 1 rings (SSSR count). The van der Waals surface area contributed by atoms with Crippen LogP contribution in [0.15, 0.2) is 24.4 Å². The van der Waals surface area contributed by atoms with Gasteiger partial charge in [0.2, 0.25) is 0 Å². The Labute approximate surface area is 89.2 Å². The lowest BCUT2D eigenvalue weighted by atomic mass is 10.3. The lowest BCUT2D eigenvalue weighted by Crippen LogP contribution is -2.49. The normalized spacial score (nSPS) is 21.6.